The first-order valence-corrected chi connectivity index (χ1v) is 11.4. The summed E-state index contributed by atoms with van der Waals surface area (Å²) in [6, 6.07) is 19.9. The molecule has 6 nitrogen and oxygen atoms in total. The van der Waals surface area contributed by atoms with Crippen LogP contribution in [-0.4, -0.2) is 53.2 Å². The molecule has 0 bridgehead atoms. The molecular formula is C28H30N2O4. The van der Waals surface area contributed by atoms with Crippen LogP contribution in [0.25, 0.3) is 11.1 Å². The summed E-state index contributed by atoms with van der Waals surface area (Å²) in [5.41, 5.74) is 4.57. The second kappa shape index (κ2) is 9.21. The number of nitrogens with zero attached hydrogens (tertiary/aromatic N) is 2. The minimum Gasteiger partial charge on any atom is -0.508 e. The van der Waals surface area contributed by atoms with Crippen molar-refractivity contribution >= 4 is 17.6 Å². The predicted octanol–water partition coefficient (Wildman–Crippen LogP) is 5.02. The van der Waals surface area contributed by atoms with E-state index in [-0.39, 0.29) is 22.6 Å². The van der Waals surface area contributed by atoms with Gasteiger partial charge in [0.05, 0.1) is 5.56 Å². The normalized spacial score (nSPS) is 14.2. The summed E-state index contributed by atoms with van der Waals surface area (Å²) in [6.07, 6.45) is 0. The average Bonchev–Trinajstić information content (AvgIpc) is 2.83. The molecule has 4 rings (SSSR count). The van der Waals surface area contributed by atoms with Crippen molar-refractivity contribution in [1.82, 2.24) is 4.90 Å². The van der Waals surface area contributed by atoms with Gasteiger partial charge in [0.15, 0.2) is 0 Å². The molecule has 0 spiro atoms. The van der Waals surface area contributed by atoms with Crippen molar-refractivity contribution in [3.63, 3.8) is 0 Å². The van der Waals surface area contributed by atoms with Crippen molar-refractivity contribution < 1.29 is 19.8 Å². The average molecular weight is 459 g/mol. The maximum atomic E-state index is 13.5. The van der Waals surface area contributed by atoms with Crippen LogP contribution in [0.4, 0.5) is 5.69 Å². The van der Waals surface area contributed by atoms with E-state index in [1.807, 2.05) is 35.2 Å². The second-order valence-corrected chi connectivity index (χ2v) is 9.73. The summed E-state index contributed by atoms with van der Waals surface area (Å²) in [5, 5.41) is 19.0. The Bertz CT molecular complexity index is 1200. The number of rotatable bonds is 4. The number of carbonyl (C=O) groups excluding carboxylic acids is 1. The molecule has 3 aromatic rings. The van der Waals surface area contributed by atoms with Crippen molar-refractivity contribution in [3.05, 3.63) is 83.4 Å². The van der Waals surface area contributed by atoms with E-state index in [2.05, 4.69) is 31.7 Å². The lowest BCUT2D eigenvalue weighted by molar-refractivity contribution is 0.0695. The number of carboxylic acids is 1. The smallest absolute Gasteiger partial charge is 0.335 e. The van der Waals surface area contributed by atoms with E-state index in [0.29, 0.717) is 31.7 Å². The van der Waals surface area contributed by atoms with Crippen LogP contribution in [0.1, 0.15) is 47.1 Å². The topological polar surface area (TPSA) is 81.1 Å². The lowest BCUT2D eigenvalue weighted by atomic mass is 9.84. The summed E-state index contributed by atoms with van der Waals surface area (Å²) in [4.78, 5) is 28.6. The molecule has 3 aromatic carbocycles. The van der Waals surface area contributed by atoms with Gasteiger partial charge in [-0.3, -0.25) is 4.79 Å². The number of carbonyl (C=O) groups is 2. The van der Waals surface area contributed by atoms with Crippen molar-refractivity contribution in [2.75, 3.05) is 31.1 Å². The molecule has 6 heteroatoms. The number of benzene rings is 3. The minimum absolute atomic E-state index is 0.00613. The highest BCUT2D eigenvalue weighted by molar-refractivity contribution is 5.96. The number of hydrogen-bond acceptors (Lipinski definition) is 4. The van der Waals surface area contributed by atoms with Crippen LogP contribution >= 0.6 is 0 Å². The van der Waals surface area contributed by atoms with Crippen LogP contribution in [0.2, 0.25) is 0 Å². The van der Waals surface area contributed by atoms with Crippen LogP contribution in [0.5, 0.6) is 5.75 Å². The van der Waals surface area contributed by atoms with Gasteiger partial charge in [0, 0.05) is 37.4 Å². The highest BCUT2D eigenvalue weighted by Gasteiger charge is 2.25. The molecule has 176 valence electrons. The van der Waals surface area contributed by atoms with Gasteiger partial charge in [-0.1, -0.05) is 39.0 Å². The standard InChI is InChI=1S/C28H30N2O4/c1-28(2,3)23-16-21(20-5-4-6-25(31)18-20)15-22(17-23)26(32)30-13-11-29(12-14-30)24-9-7-19(8-10-24)27(33)34/h4-10,15-18,31H,11-14H2,1-3H3,(H,33,34). The van der Waals surface area contributed by atoms with Crippen LogP contribution < -0.4 is 4.90 Å². The number of amides is 1. The number of aromatic hydroxyl groups is 1. The molecule has 0 atom stereocenters. The van der Waals surface area contributed by atoms with Gasteiger partial charge in [-0.05, 0) is 70.6 Å². The van der Waals surface area contributed by atoms with E-state index in [1.165, 1.54) is 0 Å². The molecule has 34 heavy (non-hydrogen) atoms. The Balaban J connectivity index is 1.54. The van der Waals surface area contributed by atoms with Gasteiger partial charge in [0.1, 0.15) is 5.75 Å². The maximum absolute atomic E-state index is 13.5. The Kier molecular flexibility index (Phi) is 6.33. The Morgan fingerprint density at radius 2 is 1.47 bits per heavy atom. The Morgan fingerprint density at radius 1 is 0.794 bits per heavy atom. The van der Waals surface area contributed by atoms with E-state index in [1.54, 1.807) is 30.3 Å². The lowest BCUT2D eigenvalue weighted by Gasteiger charge is -2.36. The van der Waals surface area contributed by atoms with Crippen LogP contribution in [0, 0.1) is 0 Å². The van der Waals surface area contributed by atoms with Crippen molar-refractivity contribution in [3.8, 4) is 16.9 Å². The molecule has 1 aliphatic rings. The summed E-state index contributed by atoms with van der Waals surface area (Å²) in [7, 11) is 0. The number of anilines is 1. The molecule has 0 aromatic heterocycles. The number of phenolic OH excluding ortho intramolecular Hbond substituents is 1. The fourth-order valence-corrected chi connectivity index (χ4v) is 4.20. The Morgan fingerprint density at radius 3 is 2.06 bits per heavy atom. The maximum Gasteiger partial charge on any atom is 0.335 e. The second-order valence-electron chi connectivity index (χ2n) is 9.73. The van der Waals surface area contributed by atoms with Gasteiger partial charge >= 0.3 is 5.97 Å². The number of piperazine rings is 1. The molecule has 1 amide bonds. The van der Waals surface area contributed by atoms with Gasteiger partial charge in [-0.25, -0.2) is 4.79 Å². The summed E-state index contributed by atoms with van der Waals surface area (Å²) in [5.74, 6) is -0.753. The fourth-order valence-electron chi connectivity index (χ4n) is 4.20. The third-order valence-corrected chi connectivity index (χ3v) is 6.27. The molecule has 1 saturated heterocycles. The van der Waals surface area contributed by atoms with Gasteiger partial charge in [0.2, 0.25) is 0 Å². The van der Waals surface area contributed by atoms with Gasteiger partial charge in [-0.15, -0.1) is 0 Å². The van der Waals surface area contributed by atoms with E-state index in [0.717, 1.165) is 22.4 Å². The summed E-state index contributed by atoms with van der Waals surface area (Å²) >= 11 is 0. The number of phenols is 1. The SMILES string of the molecule is CC(C)(C)c1cc(C(=O)N2CCN(c3ccc(C(=O)O)cc3)CC2)cc(-c2cccc(O)c2)c1. The van der Waals surface area contributed by atoms with Crippen LogP contribution in [-0.2, 0) is 5.41 Å². The van der Waals surface area contributed by atoms with Crippen LogP contribution in [0.3, 0.4) is 0 Å². The van der Waals surface area contributed by atoms with Gasteiger partial charge in [0.25, 0.3) is 5.91 Å². The predicted molar refractivity (Wildman–Crippen MR) is 134 cm³/mol. The minimum atomic E-state index is -0.940. The molecule has 0 aliphatic carbocycles. The molecule has 1 heterocycles. The molecule has 0 radical (unpaired) electrons. The highest BCUT2D eigenvalue weighted by Crippen LogP contribution is 2.31. The zero-order chi connectivity index (χ0) is 24.5. The molecule has 1 fully saturated rings. The van der Waals surface area contributed by atoms with Crippen molar-refractivity contribution in [2.45, 2.75) is 26.2 Å². The first-order valence-electron chi connectivity index (χ1n) is 11.4. The summed E-state index contributed by atoms with van der Waals surface area (Å²) < 4.78 is 0. The first kappa shape index (κ1) is 23.4. The Hall–Kier alpha value is -3.80. The molecule has 2 N–H and O–H groups in total. The van der Waals surface area contributed by atoms with Crippen molar-refractivity contribution in [2.24, 2.45) is 0 Å². The molecule has 1 aliphatic heterocycles. The van der Waals surface area contributed by atoms with E-state index in [9.17, 15) is 14.7 Å². The zero-order valence-electron chi connectivity index (χ0n) is 19.8. The summed E-state index contributed by atoms with van der Waals surface area (Å²) in [6.45, 7) is 8.89. The number of carboxylic acid groups (broad SMARTS) is 1. The monoisotopic (exact) mass is 458 g/mol. The Labute approximate surface area is 200 Å². The number of aromatic carboxylic acids is 1. The van der Waals surface area contributed by atoms with E-state index < -0.39 is 5.97 Å². The first-order chi connectivity index (χ1) is 16.1. The molecular weight excluding hydrogens is 428 g/mol. The quantitative estimate of drug-likeness (QED) is 0.574. The van der Waals surface area contributed by atoms with Crippen LogP contribution in [0.15, 0.2) is 66.7 Å². The molecule has 0 unspecified atom stereocenters. The largest absolute Gasteiger partial charge is 0.508 e. The van der Waals surface area contributed by atoms with Gasteiger partial charge < -0.3 is 20.0 Å². The van der Waals surface area contributed by atoms with Crippen molar-refractivity contribution in [1.29, 1.82) is 0 Å². The lowest BCUT2D eigenvalue weighted by Crippen LogP contribution is -2.48. The third kappa shape index (κ3) is 5.06. The molecule has 0 saturated carbocycles. The van der Waals surface area contributed by atoms with Gasteiger partial charge in [-0.2, -0.15) is 0 Å². The third-order valence-electron chi connectivity index (χ3n) is 6.27. The number of hydrogen-bond donors (Lipinski definition) is 2. The van der Waals surface area contributed by atoms with E-state index >= 15 is 0 Å². The fraction of sp³-hybridized carbons (Fsp3) is 0.286. The van der Waals surface area contributed by atoms with E-state index in [4.69, 9.17) is 5.11 Å². The highest BCUT2D eigenvalue weighted by atomic mass is 16.4. The zero-order valence-corrected chi connectivity index (χ0v) is 19.8.